The predicted molar refractivity (Wildman–Crippen MR) is 78.4 cm³/mol. The van der Waals surface area contributed by atoms with Crippen LogP contribution < -0.4 is 0 Å². The van der Waals surface area contributed by atoms with E-state index in [0.717, 1.165) is 30.1 Å². The SMILES string of the molecule is CN(CCCC(C)(C)C(=O)O)Cc1ccccc1Cl. The Morgan fingerprint density at radius 3 is 2.58 bits per heavy atom. The Balaban J connectivity index is 2.39. The summed E-state index contributed by atoms with van der Waals surface area (Å²) in [4.78, 5) is 13.2. The van der Waals surface area contributed by atoms with Gasteiger partial charge in [0.1, 0.15) is 0 Å². The number of benzene rings is 1. The van der Waals surface area contributed by atoms with E-state index in [2.05, 4.69) is 4.90 Å². The van der Waals surface area contributed by atoms with Crippen LogP contribution in [0.2, 0.25) is 5.02 Å². The zero-order valence-electron chi connectivity index (χ0n) is 11.8. The average Bonchev–Trinajstić information content (AvgIpc) is 2.31. The van der Waals surface area contributed by atoms with E-state index < -0.39 is 11.4 Å². The van der Waals surface area contributed by atoms with Gasteiger partial charge in [-0.15, -0.1) is 0 Å². The van der Waals surface area contributed by atoms with E-state index in [0.29, 0.717) is 6.42 Å². The maximum atomic E-state index is 11.0. The Kier molecular flexibility index (Phi) is 5.83. The van der Waals surface area contributed by atoms with Crippen LogP contribution in [0.15, 0.2) is 24.3 Å². The van der Waals surface area contributed by atoms with Crippen molar-refractivity contribution in [2.75, 3.05) is 13.6 Å². The second kappa shape index (κ2) is 6.92. The second-order valence-corrected chi connectivity index (χ2v) is 6.03. The normalized spacial score (nSPS) is 11.8. The van der Waals surface area contributed by atoms with Gasteiger partial charge in [-0.25, -0.2) is 0 Å². The molecule has 1 rings (SSSR count). The molecule has 3 nitrogen and oxygen atoms in total. The highest BCUT2D eigenvalue weighted by Crippen LogP contribution is 2.23. The van der Waals surface area contributed by atoms with E-state index >= 15 is 0 Å². The summed E-state index contributed by atoms with van der Waals surface area (Å²) in [5.74, 6) is -0.735. The number of aliphatic carboxylic acids is 1. The first-order valence-electron chi connectivity index (χ1n) is 6.48. The molecule has 0 aliphatic carbocycles. The van der Waals surface area contributed by atoms with Gasteiger partial charge < -0.3 is 10.0 Å². The van der Waals surface area contributed by atoms with Gasteiger partial charge in [0.05, 0.1) is 5.41 Å². The van der Waals surface area contributed by atoms with Crippen LogP contribution in [-0.4, -0.2) is 29.6 Å². The lowest BCUT2D eigenvalue weighted by Gasteiger charge is -2.22. The summed E-state index contributed by atoms with van der Waals surface area (Å²) in [6.45, 7) is 5.18. The molecule has 1 N–H and O–H groups in total. The second-order valence-electron chi connectivity index (χ2n) is 5.62. The van der Waals surface area contributed by atoms with Crippen molar-refractivity contribution >= 4 is 17.6 Å². The lowest BCUT2D eigenvalue weighted by Crippen LogP contribution is -2.26. The average molecular weight is 284 g/mol. The van der Waals surface area contributed by atoms with E-state index in [9.17, 15) is 4.79 Å². The first-order chi connectivity index (χ1) is 8.83. The number of halogens is 1. The maximum Gasteiger partial charge on any atom is 0.309 e. The highest BCUT2D eigenvalue weighted by atomic mass is 35.5. The molecule has 1 aromatic rings. The standard InChI is InChI=1S/C15H22ClNO2/c1-15(2,14(18)19)9-6-10-17(3)11-12-7-4-5-8-13(12)16/h4-5,7-8H,6,9-11H2,1-3H3,(H,18,19). The van der Waals surface area contributed by atoms with Crippen LogP contribution in [0.25, 0.3) is 0 Å². The van der Waals surface area contributed by atoms with Gasteiger partial charge in [-0.2, -0.15) is 0 Å². The molecular weight excluding hydrogens is 262 g/mol. The molecule has 0 saturated carbocycles. The Labute approximate surface area is 120 Å². The Bertz CT molecular complexity index is 432. The van der Waals surface area contributed by atoms with Crippen LogP contribution in [0, 0.1) is 5.41 Å². The van der Waals surface area contributed by atoms with Crippen LogP contribution in [-0.2, 0) is 11.3 Å². The number of rotatable bonds is 7. The summed E-state index contributed by atoms with van der Waals surface area (Å²) >= 11 is 6.11. The number of hydrogen-bond donors (Lipinski definition) is 1. The van der Waals surface area contributed by atoms with Gasteiger partial charge in [0, 0.05) is 11.6 Å². The van der Waals surface area contributed by atoms with Crippen molar-refractivity contribution in [2.45, 2.75) is 33.2 Å². The molecule has 0 aliphatic rings. The fourth-order valence-electron chi connectivity index (χ4n) is 1.89. The molecule has 106 valence electrons. The summed E-state index contributed by atoms with van der Waals surface area (Å²) in [5.41, 5.74) is 0.453. The molecule has 1 aromatic carbocycles. The first-order valence-corrected chi connectivity index (χ1v) is 6.86. The molecular formula is C15H22ClNO2. The minimum absolute atomic E-state index is 0.648. The van der Waals surface area contributed by atoms with E-state index in [1.165, 1.54) is 0 Å². The topological polar surface area (TPSA) is 40.5 Å². The van der Waals surface area contributed by atoms with Gasteiger partial charge in [-0.05, 0) is 51.9 Å². The van der Waals surface area contributed by atoms with Gasteiger partial charge in [0.2, 0.25) is 0 Å². The van der Waals surface area contributed by atoms with Crippen LogP contribution in [0.5, 0.6) is 0 Å². The largest absolute Gasteiger partial charge is 0.481 e. The predicted octanol–water partition coefficient (Wildman–Crippen LogP) is 3.66. The zero-order chi connectivity index (χ0) is 14.5. The fraction of sp³-hybridized carbons (Fsp3) is 0.533. The van der Waals surface area contributed by atoms with E-state index in [4.69, 9.17) is 16.7 Å². The smallest absolute Gasteiger partial charge is 0.309 e. The van der Waals surface area contributed by atoms with E-state index in [1.807, 2.05) is 31.3 Å². The van der Waals surface area contributed by atoms with Gasteiger partial charge in [-0.3, -0.25) is 4.79 Å². The molecule has 0 atom stereocenters. The highest BCUT2D eigenvalue weighted by Gasteiger charge is 2.26. The number of nitrogens with zero attached hydrogens (tertiary/aromatic N) is 1. The zero-order valence-corrected chi connectivity index (χ0v) is 12.6. The van der Waals surface area contributed by atoms with E-state index in [-0.39, 0.29) is 0 Å². The lowest BCUT2D eigenvalue weighted by molar-refractivity contribution is -0.147. The van der Waals surface area contributed by atoms with Crippen molar-refractivity contribution in [1.82, 2.24) is 4.90 Å². The van der Waals surface area contributed by atoms with Gasteiger partial charge in [0.15, 0.2) is 0 Å². The quantitative estimate of drug-likeness (QED) is 0.830. The first kappa shape index (κ1) is 16.0. The minimum atomic E-state index is -0.735. The summed E-state index contributed by atoms with van der Waals surface area (Å²) in [6, 6.07) is 7.79. The van der Waals surface area contributed by atoms with Gasteiger partial charge in [-0.1, -0.05) is 29.8 Å². The number of hydrogen-bond acceptors (Lipinski definition) is 2. The number of carboxylic acid groups (broad SMARTS) is 1. The Morgan fingerprint density at radius 1 is 1.37 bits per heavy atom. The molecule has 0 fully saturated rings. The molecule has 4 heteroatoms. The van der Waals surface area contributed by atoms with Crippen molar-refractivity contribution in [3.63, 3.8) is 0 Å². The van der Waals surface area contributed by atoms with Crippen LogP contribution >= 0.6 is 11.6 Å². The molecule has 0 saturated heterocycles. The van der Waals surface area contributed by atoms with Crippen molar-refractivity contribution in [2.24, 2.45) is 5.41 Å². The molecule has 0 amide bonds. The molecule has 0 unspecified atom stereocenters. The van der Waals surface area contributed by atoms with Crippen molar-refractivity contribution < 1.29 is 9.90 Å². The third-order valence-corrected chi connectivity index (χ3v) is 3.69. The minimum Gasteiger partial charge on any atom is -0.481 e. The van der Waals surface area contributed by atoms with Crippen molar-refractivity contribution in [1.29, 1.82) is 0 Å². The van der Waals surface area contributed by atoms with Crippen molar-refractivity contribution in [3.8, 4) is 0 Å². The van der Waals surface area contributed by atoms with Gasteiger partial charge >= 0.3 is 5.97 Å². The fourth-order valence-corrected chi connectivity index (χ4v) is 2.09. The van der Waals surface area contributed by atoms with E-state index in [1.54, 1.807) is 13.8 Å². The maximum absolute atomic E-state index is 11.0. The molecule has 0 aromatic heterocycles. The molecule has 0 aliphatic heterocycles. The molecule has 0 heterocycles. The monoisotopic (exact) mass is 283 g/mol. The summed E-state index contributed by atoms with van der Waals surface area (Å²) in [5, 5.41) is 9.83. The third kappa shape index (κ3) is 5.21. The summed E-state index contributed by atoms with van der Waals surface area (Å²) in [7, 11) is 2.02. The van der Waals surface area contributed by atoms with Crippen LogP contribution in [0.3, 0.4) is 0 Å². The molecule has 0 spiro atoms. The van der Waals surface area contributed by atoms with Crippen LogP contribution in [0.1, 0.15) is 32.3 Å². The molecule has 19 heavy (non-hydrogen) atoms. The highest BCUT2D eigenvalue weighted by molar-refractivity contribution is 6.31. The number of carbonyl (C=O) groups is 1. The summed E-state index contributed by atoms with van der Waals surface area (Å²) in [6.07, 6.45) is 1.54. The van der Waals surface area contributed by atoms with Gasteiger partial charge in [0.25, 0.3) is 0 Å². The summed E-state index contributed by atoms with van der Waals surface area (Å²) < 4.78 is 0. The lowest BCUT2D eigenvalue weighted by atomic mass is 9.88. The Hall–Kier alpha value is -1.06. The molecule has 0 radical (unpaired) electrons. The van der Waals surface area contributed by atoms with Crippen molar-refractivity contribution in [3.05, 3.63) is 34.9 Å². The Morgan fingerprint density at radius 2 is 2.00 bits per heavy atom. The third-order valence-electron chi connectivity index (χ3n) is 3.32. The number of carboxylic acids is 1. The van der Waals surface area contributed by atoms with Crippen LogP contribution in [0.4, 0.5) is 0 Å². The molecule has 0 bridgehead atoms.